The maximum absolute atomic E-state index is 5.16. The van der Waals surface area contributed by atoms with Crippen molar-refractivity contribution >= 4 is 21.9 Å². The van der Waals surface area contributed by atoms with Gasteiger partial charge in [0.1, 0.15) is 5.65 Å². The highest BCUT2D eigenvalue weighted by atomic mass is 15.1. The van der Waals surface area contributed by atoms with Gasteiger partial charge in [0.15, 0.2) is 17.5 Å². The van der Waals surface area contributed by atoms with Crippen LogP contribution < -0.4 is 0 Å². The zero-order valence-corrected chi connectivity index (χ0v) is 23.2. The Morgan fingerprint density at radius 1 is 0.349 bits per heavy atom. The van der Waals surface area contributed by atoms with E-state index in [1.807, 2.05) is 78.9 Å². The summed E-state index contributed by atoms with van der Waals surface area (Å²) in [5.41, 5.74) is 7.91. The van der Waals surface area contributed by atoms with E-state index in [2.05, 4.69) is 77.4 Å². The molecule has 0 bridgehead atoms. The van der Waals surface area contributed by atoms with Crippen LogP contribution in [0, 0.1) is 0 Å². The minimum absolute atomic E-state index is 0.631. The number of hydrogen-bond donors (Lipinski definition) is 0. The lowest BCUT2D eigenvalue weighted by atomic mass is 10.1. The molecule has 0 radical (unpaired) electrons. The molecule has 0 atom stereocenters. The first-order valence-corrected chi connectivity index (χ1v) is 14.3. The molecule has 3 heterocycles. The molecule has 0 amide bonds. The number of hydrogen-bond acceptors (Lipinski definition) is 4. The third kappa shape index (κ3) is 4.53. The summed E-state index contributed by atoms with van der Waals surface area (Å²) in [6.45, 7) is 0. The van der Waals surface area contributed by atoms with Gasteiger partial charge < -0.3 is 0 Å². The zero-order chi connectivity index (χ0) is 28.6. The molecule has 0 aliphatic rings. The fraction of sp³-hybridized carbons (Fsp3) is 0. The van der Waals surface area contributed by atoms with Crippen molar-refractivity contribution in [1.29, 1.82) is 0 Å². The maximum atomic E-state index is 5.16. The van der Waals surface area contributed by atoms with Gasteiger partial charge in [0.25, 0.3) is 0 Å². The normalized spacial score (nSPS) is 11.3. The smallest absolute Gasteiger partial charge is 0.164 e. The van der Waals surface area contributed by atoms with Gasteiger partial charge in [-0.25, -0.2) is 19.9 Å². The lowest BCUT2D eigenvalue weighted by Gasteiger charge is -2.11. The Bertz CT molecular complexity index is 2150. The molecule has 0 aliphatic heterocycles. The quantitative estimate of drug-likeness (QED) is 0.214. The standard InChI is InChI=1S/C38H25N5/c1-4-12-26(13-5-1)33-25-24-32-31-18-10-11-19-34(31)43(38(32)39-33)30-22-20-29(21-23-30)37-41-35(27-14-6-2-7-15-27)40-36(42-37)28-16-8-3-9-17-28/h1-25H. The Morgan fingerprint density at radius 3 is 1.42 bits per heavy atom. The van der Waals surface area contributed by atoms with Gasteiger partial charge in [0.05, 0.1) is 11.2 Å². The summed E-state index contributed by atoms with van der Waals surface area (Å²) in [5.74, 6) is 1.92. The SMILES string of the molecule is c1ccc(-c2ccc3c4ccccc4n(-c4ccc(-c5nc(-c6ccccc6)nc(-c6ccccc6)n5)cc4)c3n2)cc1. The average Bonchev–Trinajstić information content (AvgIpc) is 3.43. The highest BCUT2D eigenvalue weighted by Crippen LogP contribution is 2.33. The largest absolute Gasteiger partial charge is 0.294 e. The second-order valence-corrected chi connectivity index (χ2v) is 10.4. The Labute approximate surface area is 248 Å². The molecule has 0 fully saturated rings. The van der Waals surface area contributed by atoms with Gasteiger partial charge in [-0.15, -0.1) is 0 Å². The lowest BCUT2D eigenvalue weighted by molar-refractivity contribution is 1.07. The van der Waals surface area contributed by atoms with Crippen LogP contribution in [-0.2, 0) is 0 Å². The minimum Gasteiger partial charge on any atom is -0.294 e. The maximum Gasteiger partial charge on any atom is 0.164 e. The van der Waals surface area contributed by atoms with E-state index in [1.165, 1.54) is 5.39 Å². The number of benzene rings is 5. The Kier molecular flexibility index (Phi) is 6.05. The van der Waals surface area contributed by atoms with Crippen LogP contribution in [0.25, 0.3) is 73.0 Å². The third-order valence-electron chi connectivity index (χ3n) is 7.67. The molecule has 5 nitrogen and oxygen atoms in total. The average molecular weight is 552 g/mol. The van der Waals surface area contributed by atoms with Gasteiger partial charge >= 0.3 is 0 Å². The molecule has 0 saturated heterocycles. The number of pyridine rings is 1. The number of nitrogens with zero attached hydrogens (tertiary/aromatic N) is 5. The van der Waals surface area contributed by atoms with E-state index in [-0.39, 0.29) is 0 Å². The van der Waals surface area contributed by atoms with Crippen molar-refractivity contribution in [2.45, 2.75) is 0 Å². The molecule has 202 valence electrons. The Morgan fingerprint density at radius 2 is 0.837 bits per heavy atom. The third-order valence-corrected chi connectivity index (χ3v) is 7.67. The highest BCUT2D eigenvalue weighted by Gasteiger charge is 2.16. The monoisotopic (exact) mass is 551 g/mol. The van der Waals surface area contributed by atoms with Crippen molar-refractivity contribution < 1.29 is 0 Å². The molecule has 3 aromatic heterocycles. The van der Waals surface area contributed by atoms with E-state index in [0.717, 1.165) is 50.2 Å². The van der Waals surface area contributed by atoms with Crippen LogP contribution >= 0.6 is 0 Å². The van der Waals surface area contributed by atoms with Crippen molar-refractivity contribution in [1.82, 2.24) is 24.5 Å². The van der Waals surface area contributed by atoms with Crippen LogP contribution in [0.4, 0.5) is 0 Å². The van der Waals surface area contributed by atoms with E-state index >= 15 is 0 Å². The summed E-state index contributed by atoms with van der Waals surface area (Å²) in [4.78, 5) is 19.8. The molecule has 8 aromatic rings. The predicted octanol–water partition coefficient (Wildman–Crippen LogP) is 9.03. The van der Waals surface area contributed by atoms with E-state index in [0.29, 0.717) is 17.5 Å². The predicted molar refractivity (Wildman–Crippen MR) is 174 cm³/mol. The second-order valence-electron chi connectivity index (χ2n) is 10.4. The van der Waals surface area contributed by atoms with Gasteiger partial charge in [-0.1, -0.05) is 109 Å². The number of rotatable bonds is 5. The van der Waals surface area contributed by atoms with Crippen LogP contribution in [0.3, 0.4) is 0 Å². The van der Waals surface area contributed by atoms with Crippen LogP contribution in [0.1, 0.15) is 0 Å². The van der Waals surface area contributed by atoms with Crippen LogP contribution in [0.2, 0.25) is 0 Å². The summed E-state index contributed by atoms with van der Waals surface area (Å²) in [6, 6.07) is 51.5. The molecular weight excluding hydrogens is 526 g/mol. The summed E-state index contributed by atoms with van der Waals surface area (Å²) < 4.78 is 2.24. The van der Waals surface area contributed by atoms with Crippen molar-refractivity contribution in [2.24, 2.45) is 0 Å². The molecular formula is C38H25N5. The number of aromatic nitrogens is 5. The number of para-hydroxylation sites is 1. The van der Waals surface area contributed by atoms with E-state index < -0.39 is 0 Å². The molecule has 0 saturated carbocycles. The minimum atomic E-state index is 0.631. The molecule has 0 N–H and O–H groups in total. The van der Waals surface area contributed by atoms with Crippen molar-refractivity contribution in [2.75, 3.05) is 0 Å². The number of fused-ring (bicyclic) bond motifs is 3. The van der Waals surface area contributed by atoms with Gasteiger partial charge in [0.2, 0.25) is 0 Å². The van der Waals surface area contributed by atoms with E-state index in [4.69, 9.17) is 19.9 Å². The Hall–Kier alpha value is -5.94. The molecule has 0 unspecified atom stereocenters. The Balaban J connectivity index is 1.26. The molecule has 5 aromatic carbocycles. The second kappa shape index (κ2) is 10.5. The first-order chi connectivity index (χ1) is 21.3. The molecule has 0 aliphatic carbocycles. The van der Waals surface area contributed by atoms with Crippen LogP contribution in [0.15, 0.2) is 152 Å². The van der Waals surface area contributed by atoms with Crippen molar-refractivity contribution in [3.63, 3.8) is 0 Å². The highest BCUT2D eigenvalue weighted by molar-refractivity contribution is 6.08. The van der Waals surface area contributed by atoms with Crippen LogP contribution in [0.5, 0.6) is 0 Å². The molecule has 5 heteroatoms. The summed E-state index contributed by atoms with van der Waals surface area (Å²) in [7, 11) is 0. The molecule has 43 heavy (non-hydrogen) atoms. The zero-order valence-electron chi connectivity index (χ0n) is 23.2. The van der Waals surface area contributed by atoms with Gasteiger partial charge in [-0.3, -0.25) is 4.57 Å². The lowest BCUT2D eigenvalue weighted by Crippen LogP contribution is -2.00. The van der Waals surface area contributed by atoms with E-state index in [1.54, 1.807) is 0 Å². The fourth-order valence-electron chi connectivity index (χ4n) is 5.57. The van der Waals surface area contributed by atoms with Crippen LogP contribution in [-0.4, -0.2) is 24.5 Å². The van der Waals surface area contributed by atoms with Gasteiger partial charge in [-0.05, 0) is 42.5 Å². The molecule has 0 spiro atoms. The first kappa shape index (κ1) is 24.8. The fourth-order valence-corrected chi connectivity index (χ4v) is 5.57. The summed E-state index contributed by atoms with van der Waals surface area (Å²) >= 11 is 0. The van der Waals surface area contributed by atoms with Gasteiger partial charge in [0, 0.05) is 38.7 Å². The summed E-state index contributed by atoms with van der Waals surface area (Å²) in [5, 5.41) is 2.29. The first-order valence-electron chi connectivity index (χ1n) is 14.3. The summed E-state index contributed by atoms with van der Waals surface area (Å²) in [6.07, 6.45) is 0. The topological polar surface area (TPSA) is 56.5 Å². The molecule has 8 rings (SSSR count). The van der Waals surface area contributed by atoms with E-state index in [9.17, 15) is 0 Å². The van der Waals surface area contributed by atoms with Gasteiger partial charge in [-0.2, -0.15) is 0 Å². The van der Waals surface area contributed by atoms with Crippen molar-refractivity contribution in [3.05, 3.63) is 152 Å². The van der Waals surface area contributed by atoms with Crippen molar-refractivity contribution in [3.8, 4) is 51.1 Å².